The smallest absolute Gasteiger partial charge is 0.319 e. The van der Waals surface area contributed by atoms with Gasteiger partial charge in [0.15, 0.2) is 5.82 Å². The van der Waals surface area contributed by atoms with Gasteiger partial charge in [0.1, 0.15) is 41.1 Å². The molecule has 2 aromatic heterocycles. The van der Waals surface area contributed by atoms with Gasteiger partial charge in [-0.05, 0) is 49.4 Å². The van der Waals surface area contributed by atoms with Crippen molar-refractivity contribution in [2.45, 2.75) is 37.4 Å². The lowest BCUT2D eigenvalue weighted by Gasteiger charge is -2.31. The Morgan fingerprint density at radius 3 is 2.86 bits per heavy atom. The molecule has 3 aliphatic rings. The van der Waals surface area contributed by atoms with Gasteiger partial charge in [-0.25, -0.2) is 13.2 Å². The summed E-state index contributed by atoms with van der Waals surface area (Å²) in [6.07, 6.45) is 7.33. The highest BCUT2D eigenvalue weighted by Gasteiger charge is 2.49. The number of hydrogen-bond donors (Lipinski definition) is 2. The molecule has 4 aromatic rings. The molecule has 3 fully saturated rings. The number of rotatable bonds is 5. The molecule has 228 valence electrons. The number of ether oxygens (including phenoxy) is 2. The Kier molecular flexibility index (Phi) is 7.10. The zero-order valence-corrected chi connectivity index (χ0v) is 23.8. The SMILES string of the molecule is C#Cc1c(F)ccc2cc(O)cc(-c3[nH]c(=O)c4c(N5CCCOCC5)nc(OC[C@@]56CCCN5C[C@H](F)C6)nc4c3F)c12. The fourth-order valence-electron chi connectivity index (χ4n) is 6.99. The lowest BCUT2D eigenvalue weighted by atomic mass is 9.95. The number of pyridine rings is 1. The minimum Gasteiger partial charge on any atom is -0.508 e. The minimum atomic E-state index is -0.961. The van der Waals surface area contributed by atoms with E-state index in [9.17, 15) is 18.7 Å². The fourth-order valence-corrected chi connectivity index (χ4v) is 6.99. The molecule has 9 nitrogen and oxygen atoms in total. The molecule has 0 radical (unpaired) electrons. The molecule has 7 rings (SSSR count). The molecule has 0 amide bonds. The van der Waals surface area contributed by atoms with Gasteiger partial charge in [-0.15, -0.1) is 6.42 Å². The number of nitrogens with one attached hydrogen (secondary N) is 1. The van der Waals surface area contributed by atoms with E-state index in [1.165, 1.54) is 18.2 Å². The van der Waals surface area contributed by atoms with Crippen molar-refractivity contribution in [3.63, 3.8) is 0 Å². The average Bonchev–Trinajstić information content (AvgIpc) is 3.38. The zero-order chi connectivity index (χ0) is 30.6. The molecule has 2 aromatic carbocycles. The molecule has 44 heavy (non-hydrogen) atoms. The zero-order valence-electron chi connectivity index (χ0n) is 23.8. The van der Waals surface area contributed by atoms with Crippen LogP contribution in [-0.2, 0) is 4.74 Å². The van der Waals surface area contributed by atoms with Crippen LogP contribution in [0.3, 0.4) is 0 Å². The van der Waals surface area contributed by atoms with Gasteiger partial charge in [0, 0.05) is 43.6 Å². The third-order valence-electron chi connectivity index (χ3n) is 8.98. The summed E-state index contributed by atoms with van der Waals surface area (Å²) in [6.45, 7) is 3.03. The summed E-state index contributed by atoms with van der Waals surface area (Å²) in [7, 11) is 0. The summed E-state index contributed by atoms with van der Waals surface area (Å²) in [5.74, 6) is 0.626. The third-order valence-corrected chi connectivity index (χ3v) is 8.98. The first kappa shape index (κ1) is 28.4. The predicted molar refractivity (Wildman–Crippen MR) is 159 cm³/mol. The molecule has 0 unspecified atom stereocenters. The van der Waals surface area contributed by atoms with Crippen molar-refractivity contribution in [1.82, 2.24) is 19.9 Å². The molecule has 0 aliphatic carbocycles. The van der Waals surface area contributed by atoms with E-state index in [0.717, 1.165) is 25.5 Å². The van der Waals surface area contributed by atoms with Gasteiger partial charge in [0.05, 0.1) is 23.4 Å². The van der Waals surface area contributed by atoms with Crippen molar-refractivity contribution < 1.29 is 27.8 Å². The van der Waals surface area contributed by atoms with Crippen LogP contribution in [0.25, 0.3) is 32.9 Å². The second-order valence-electron chi connectivity index (χ2n) is 11.7. The molecule has 3 aliphatic heterocycles. The van der Waals surface area contributed by atoms with Gasteiger partial charge >= 0.3 is 6.01 Å². The molecule has 0 bridgehead atoms. The quantitative estimate of drug-likeness (QED) is 0.325. The fraction of sp³-hybridized carbons (Fsp3) is 0.406. The van der Waals surface area contributed by atoms with Gasteiger partial charge in [-0.3, -0.25) is 9.69 Å². The number of hydrogen-bond acceptors (Lipinski definition) is 8. The normalized spacial score (nSPS) is 22.3. The standard InChI is InChI=1S/C32H30F3N5O4/c1-2-21-23(34)6-5-18-13-20(41)14-22(24(18)21)27-26(35)28-25(30(42)36-27)29(39-8-4-11-43-12-10-39)38-31(37-28)44-17-32-7-3-9-40(32)16-19(33)15-32/h1,5-6,13-14,19,41H,3-4,7-12,15-17H2,(H,36,42)/t19-,32+/m1/s1. The second kappa shape index (κ2) is 11.0. The molecular weight excluding hydrogens is 575 g/mol. The van der Waals surface area contributed by atoms with E-state index < -0.39 is 28.9 Å². The lowest BCUT2D eigenvalue weighted by molar-refractivity contribution is 0.107. The topological polar surface area (TPSA) is 104 Å². The van der Waals surface area contributed by atoms with Crippen molar-refractivity contribution in [1.29, 1.82) is 0 Å². The van der Waals surface area contributed by atoms with E-state index >= 15 is 4.39 Å². The minimum absolute atomic E-state index is 0.00446. The van der Waals surface area contributed by atoms with Crippen LogP contribution in [0.5, 0.6) is 11.8 Å². The number of nitrogens with zero attached hydrogens (tertiary/aromatic N) is 4. The van der Waals surface area contributed by atoms with E-state index in [-0.39, 0.29) is 57.3 Å². The van der Waals surface area contributed by atoms with Crippen LogP contribution in [-0.4, -0.2) is 82.7 Å². The Balaban J connectivity index is 1.42. The molecular formula is C32H30F3N5O4. The Bertz CT molecular complexity index is 1880. The number of terminal acetylenes is 1. The summed E-state index contributed by atoms with van der Waals surface area (Å²) in [4.78, 5) is 29.2. The van der Waals surface area contributed by atoms with Gasteiger partial charge in [0.25, 0.3) is 5.56 Å². The van der Waals surface area contributed by atoms with Gasteiger partial charge in [0.2, 0.25) is 0 Å². The number of aromatic amines is 1. The molecule has 5 heterocycles. The van der Waals surface area contributed by atoms with Crippen molar-refractivity contribution in [2.24, 2.45) is 0 Å². The van der Waals surface area contributed by atoms with Crippen LogP contribution in [0, 0.1) is 24.0 Å². The van der Waals surface area contributed by atoms with Crippen LogP contribution >= 0.6 is 0 Å². The van der Waals surface area contributed by atoms with Crippen LogP contribution in [0.15, 0.2) is 29.1 Å². The number of phenolic OH excluding ortho intramolecular Hbond substituents is 1. The van der Waals surface area contributed by atoms with E-state index in [1.807, 2.05) is 4.90 Å². The number of phenols is 1. The van der Waals surface area contributed by atoms with Crippen LogP contribution in [0.4, 0.5) is 19.0 Å². The molecule has 12 heteroatoms. The maximum absolute atomic E-state index is 16.7. The maximum Gasteiger partial charge on any atom is 0.319 e. The molecule has 0 spiro atoms. The Morgan fingerprint density at radius 2 is 2.02 bits per heavy atom. The monoisotopic (exact) mass is 605 g/mol. The average molecular weight is 606 g/mol. The number of H-pyrrole nitrogens is 1. The van der Waals surface area contributed by atoms with Gasteiger partial charge in [-0.1, -0.05) is 12.0 Å². The van der Waals surface area contributed by atoms with Crippen molar-refractivity contribution >= 4 is 27.5 Å². The highest BCUT2D eigenvalue weighted by Crippen LogP contribution is 2.41. The van der Waals surface area contributed by atoms with E-state index in [0.29, 0.717) is 51.1 Å². The Labute approximate surface area is 250 Å². The van der Waals surface area contributed by atoms with Crippen LogP contribution in [0.1, 0.15) is 31.2 Å². The molecule has 2 atom stereocenters. The maximum atomic E-state index is 16.7. The summed E-state index contributed by atoms with van der Waals surface area (Å²) < 4.78 is 57.6. The summed E-state index contributed by atoms with van der Waals surface area (Å²) in [5, 5.41) is 10.9. The van der Waals surface area contributed by atoms with Crippen molar-refractivity contribution in [2.75, 3.05) is 50.9 Å². The number of halogens is 3. The van der Waals surface area contributed by atoms with Crippen molar-refractivity contribution in [3.8, 4) is 35.4 Å². The van der Waals surface area contributed by atoms with Crippen LogP contribution < -0.4 is 15.2 Å². The molecule has 0 saturated carbocycles. The van der Waals surface area contributed by atoms with Crippen molar-refractivity contribution in [3.05, 3.63) is 51.8 Å². The van der Waals surface area contributed by atoms with E-state index in [4.69, 9.17) is 15.9 Å². The lowest BCUT2D eigenvalue weighted by Crippen LogP contribution is -2.43. The summed E-state index contributed by atoms with van der Waals surface area (Å²) in [5.41, 5.74) is -1.96. The Hall–Kier alpha value is -4.34. The van der Waals surface area contributed by atoms with E-state index in [1.54, 1.807) is 0 Å². The Morgan fingerprint density at radius 1 is 1.16 bits per heavy atom. The first-order valence-corrected chi connectivity index (χ1v) is 14.7. The number of fused-ring (bicyclic) bond motifs is 3. The second-order valence-corrected chi connectivity index (χ2v) is 11.7. The largest absolute Gasteiger partial charge is 0.508 e. The number of benzene rings is 2. The van der Waals surface area contributed by atoms with Crippen LogP contribution in [0.2, 0.25) is 0 Å². The highest BCUT2D eigenvalue weighted by molar-refractivity contribution is 6.03. The highest BCUT2D eigenvalue weighted by atomic mass is 19.1. The third kappa shape index (κ3) is 4.71. The first-order valence-electron chi connectivity index (χ1n) is 14.7. The number of anilines is 1. The van der Waals surface area contributed by atoms with Gasteiger partial charge < -0.3 is 24.5 Å². The molecule has 2 N–H and O–H groups in total. The number of alkyl halides is 1. The number of aromatic nitrogens is 3. The predicted octanol–water partition coefficient (Wildman–Crippen LogP) is 4.29. The van der Waals surface area contributed by atoms with Gasteiger partial charge in [-0.2, -0.15) is 9.97 Å². The summed E-state index contributed by atoms with van der Waals surface area (Å²) in [6, 6.07) is 5.02. The molecule has 3 saturated heterocycles. The number of aromatic hydroxyl groups is 1. The first-order chi connectivity index (χ1) is 21.3. The summed E-state index contributed by atoms with van der Waals surface area (Å²) >= 11 is 0. The van der Waals surface area contributed by atoms with E-state index in [2.05, 4.69) is 25.8 Å².